The van der Waals surface area contributed by atoms with Crippen molar-refractivity contribution < 1.29 is 5.11 Å². The van der Waals surface area contributed by atoms with E-state index in [-0.39, 0.29) is 5.69 Å². The maximum Gasteiger partial charge on any atom is 0.323 e. The molecule has 5 nitrogen and oxygen atoms in total. The summed E-state index contributed by atoms with van der Waals surface area (Å²) in [4.78, 5) is 16.1. The molecular formula is C15H21N3O2. The van der Waals surface area contributed by atoms with Crippen LogP contribution in [0.25, 0.3) is 0 Å². The third kappa shape index (κ3) is 4.36. The Morgan fingerprint density at radius 3 is 2.55 bits per heavy atom. The van der Waals surface area contributed by atoms with Gasteiger partial charge in [-0.15, -0.1) is 0 Å². The summed E-state index contributed by atoms with van der Waals surface area (Å²) >= 11 is 0. The Balaban J connectivity index is 1.78. The molecule has 2 rings (SSSR count). The summed E-state index contributed by atoms with van der Waals surface area (Å²) in [6, 6.07) is 6.41. The second-order valence-corrected chi connectivity index (χ2v) is 5.25. The number of imidazole rings is 1. The number of aromatic nitrogens is 2. The third-order valence-electron chi connectivity index (χ3n) is 3.10. The van der Waals surface area contributed by atoms with E-state index in [9.17, 15) is 9.90 Å². The molecule has 0 bridgehead atoms. The molecule has 20 heavy (non-hydrogen) atoms. The van der Waals surface area contributed by atoms with Gasteiger partial charge >= 0.3 is 5.69 Å². The van der Waals surface area contributed by atoms with Gasteiger partial charge in [0.25, 0.3) is 0 Å². The monoisotopic (exact) mass is 275 g/mol. The van der Waals surface area contributed by atoms with E-state index in [4.69, 9.17) is 0 Å². The van der Waals surface area contributed by atoms with E-state index < -0.39 is 6.10 Å². The first-order valence-corrected chi connectivity index (χ1v) is 6.75. The molecule has 0 saturated carbocycles. The summed E-state index contributed by atoms with van der Waals surface area (Å²) in [6.07, 6.45) is 1.50. The van der Waals surface area contributed by atoms with Crippen LogP contribution in [0.1, 0.15) is 22.4 Å². The lowest BCUT2D eigenvalue weighted by Crippen LogP contribution is -2.28. The number of aromatic amines is 2. The topological polar surface area (TPSA) is 80.9 Å². The van der Waals surface area contributed by atoms with Crippen LogP contribution in [0.3, 0.4) is 0 Å². The molecule has 1 atom stereocenters. The van der Waals surface area contributed by atoms with E-state index in [1.165, 1.54) is 16.7 Å². The number of benzene rings is 1. The summed E-state index contributed by atoms with van der Waals surface area (Å²) in [5.74, 6) is 0. The van der Waals surface area contributed by atoms with Crippen molar-refractivity contribution in [3.63, 3.8) is 0 Å². The molecule has 108 valence electrons. The van der Waals surface area contributed by atoms with Gasteiger partial charge in [0.2, 0.25) is 0 Å². The summed E-state index contributed by atoms with van der Waals surface area (Å²) < 4.78 is 0. The van der Waals surface area contributed by atoms with Crippen LogP contribution in [0.15, 0.2) is 29.2 Å². The number of aliphatic hydroxyl groups is 1. The second-order valence-electron chi connectivity index (χ2n) is 5.25. The minimum atomic E-state index is -0.521. The quantitative estimate of drug-likeness (QED) is 0.635. The van der Waals surface area contributed by atoms with Crippen molar-refractivity contribution in [1.29, 1.82) is 0 Å². The average molecular weight is 275 g/mol. The Labute approximate surface area is 118 Å². The van der Waals surface area contributed by atoms with Gasteiger partial charge in [0, 0.05) is 31.4 Å². The maximum atomic E-state index is 10.9. The summed E-state index contributed by atoms with van der Waals surface area (Å²) in [7, 11) is 0. The number of hydrogen-bond donors (Lipinski definition) is 4. The number of aryl methyl sites for hydroxylation is 2. The van der Waals surface area contributed by atoms with Crippen molar-refractivity contribution in [2.45, 2.75) is 32.9 Å². The van der Waals surface area contributed by atoms with E-state index in [1.807, 2.05) is 0 Å². The van der Waals surface area contributed by atoms with Crippen molar-refractivity contribution in [2.75, 3.05) is 6.54 Å². The highest BCUT2D eigenvalue weighted by Crippen LogP contribution is 2.08. The van der Waals surface area contributed by atoms with Gasteiger partial charge in [0.1, 0.15) is 0 Å². The first-order valence-electron chi connectivity index (χ1n) is 6.75. The molecule has 5 heteroatoms. The molecule has 1 heterocycles. The van der Waals surface area contributed by atoms with E-state index in [0.717, 1.165) is 12.2 Å². The summed E-state index contributed by atoms with van der Waals surface area (Å²) in [5, 5.41) is 13.1. The molecule has 0 fully saturated rings. The Morgan fingerprint density at radius 1 is 1.25 bits per heavy atom. The molecule has 4 N–H and O–H groups in total. The fourth-order valence-electron chi connectivity index (χ4n) is 2.36. The van der Waals surface area contributed by atoms with Gasteiger partial charge in [-0.3, -0.25) is 0 Å². The number of nitrogens with one attached hydrogen (secondary N) is 3. The molecule has 2 aromatic rings. The number of rotatable bonds is 6. The highest BCUT2D eigenvalue weighted by molar-refractivity contribution is 5.28. The van der Waals surface area contributed by atoms with Crippen LogP contribution in [0.2, 0.25) is 0 Å². The van der Waals surface area contributed by atoms with Crippen molar-refractivity contribution in [1.82, 2.24) is 15.3 Å². The summed E-state index contributed by atoms with van der Waals surface area (Å²) in [5.41, 5.74) is 4.18. The zero-order chi connectivity index (χ0) is 14.5. The third-order valence-corrected chi connectivity index (χ3v) is 3.10. The Morgan fingerprint density at radius 2 is 1.95 bits per heavy atom. The minimum absolute atomic E-state index is 0.240. The van der Waals surface area contributed by atoms with Gasteiger partial charge in [-0.1, -0.05) is 29.3 Å². The minimum Gasteiger partial charge on any atom is -0.391 e. The largest absolute Gasteiger partial charge is 0.391 e. The predicted molar refractivity (Wildman–Crippen MR) is 78.7 cm³/mol. The van der Waals surface area contributed by atoms with Gasteiger partial charge in [0.05, 0.1) is 6.10 Å². The molecule has 1 unspecified atom stereocenters. The van der Waals surface area contributed by atoms with Crippen LogP contribution >= 0.6 is 0 Å². The normalized spacial score (nSPS) is 12.6. The fourth-order valence-corrected chi connectivity index (χ4v) is 2.36. The van der Waals surface area contributed by atoms with Crippen LogP contribution in [0.5, 0.6) is 0 Å². The van der Waals surface area contributed by atoms with Crippen LogP contribution in [-0.2, 0) is 13.0 Å². The smallest absolute Gasteiger partial charge is 0.323 e. The SMILES string of the molecule is Cc1cc(C)cc(CNCC(O)Cc2c[nH]c(=O)[nH]2)c1. The molecule has 1 aromatic heterocycles. The molecule has 1 aromatic carbocycles. The second kappa shape index (κ2) is 6.54. The molecular weight excluding hydrogens is 254 g/mol. The molecule has 0 spiro atoms. The molecule has 0 radical (unpaired) electrons. The van der Waals surface area contributed by atoms with Crippen LogP contribution in [-0.4, -0.2) is 27.7 Å². The molecule has 0 aliphatic carbocycles. The standard InChI is InChI=1S/C15H21N3O2/c1-10-3-11(2)5-12(4-10)7-16-9-14(19)6-13-8-17-15(20)18-13/h3-5,8,14,16,19H,6-7,9H2,1-2H3,(H2,17,18,20). The lowest BCUT2D eigenvalue weighted by molar-refractivity contribution is 0.170. The number of aliphatic hydroxyl groups excluding tert-OH is 1. The molecule has 0 aliphatic rings. The predicted octanol–water partition coefficient (Wildman–Crippen LogP) is 1.01. The van der Waals surface area contributed by atoms with Crippen molar-refractivity contribution in [2.24, 2.45) is 0 Å². The first kappa shape index (κ1) is 14.6. The number of H-pyrrole nitrogens is 2. The number of hydrogen-bond acceptors (Lipinski definition) is 3. The fraction of sp³-hybridized carbons (Fsp3) is 0.400. The Bertz CT molecular complexity index is 595. The van der Waals surface area contributed by atoms with E-state index >= 15 is 0 Å². The van der Waals surface area contributed by atoms with Gasteiger partial charge in [-0.05, 0) is 19.4 Å². The van der Waals surface area contributed by atoms with Crippen LogP contribution < -0.4 is 11.0 Å². The van der Waals surface area contributed by atoms with Crippen molar-refractivity contribution >= 4 is 0 Å². The highest BCUT2D eigenvalue weighted by Gasteiger charge is 2.07. The van der Waals surface area contributed by atoms with E-state index in [0.29, 0.717) is 13.0 Å². The maximum absolute atomic E-state index is 10.9. The van der Waals surface area contributed by atoms with Gasteiger partial charge < -0.3 is 20.4 Å². The first-order chi connectivity index (χ1) is 9.52. The zero-order valence-electron chi connectivity index (χ0n) is 11.9. The average Bonchev–Trinajstić information content (AvgIpc) is 2.73. The van der Waals surface area contributed by atoms with Gasteiger partial charge in [-0.2, -0.15) is 0 Å². The van der Waals surface area contributed by atoms with Crippen molar-refractivity contribution in [3.8, 4) is 0 Å². The van der Waals surface area contributed by atoms with Gasteiger partial charge in [-0.25, -0.2) is 4.79 Å². The Kier molecular flexibility index (Phi) is 4.76. The van der Waals surface area contributed by atoms with E-state index in [2.05, 4.69) is 47.3 Å². The van der Waals surface area contributed by atoms with Crippen LogP contribution in [0, 0.1) is 13.8 Å². The highest BCUT2D eigenvalue weighted by atomic mass is 16.3. The zero-order valence-corrected chi connectivity index (χ0v) is 11.9. The van der Waals surface area contributed by atoms with Crippen LogP contribution in [0.4, 0.5) is 0 Å². The van der Waals surface area contributed by atoms with Gasteiger partial charge in [0.15, 0.2) is 0 Å². The summed E-state index contributed by atoms with van der Waals surface area (Å²) in [6.45, 7) is 5.37. The lowest BCUT2D eigenvalue weighted by atomic mass is 10.1. The lowest BCUT2D eigenvalue weighted by Gasteiger charge is -2.11. The molecule has 0 amide bonds. The van der Waals surface area contributed by atoms with E-state index in [1.54, 1.807) is 6.20 Å². The Hall–Kier alpha value is -1.85. The van der Waals surface area contributed by atoms with Crippen molar-refractivity contribution in [3.05, 3.63) is 57.3 Å². The molecule has 0 aliphatic heterocycles. The molecule has 0 saturated heterocycles.